The van der Waals surface area contributed by atoms with Crippen LogP contribution in [0.25, 0.3) is 0 Å². The van der Waals surface area contributed by atoms with Crippen molar-refractivity contribution in [1.82, 2.24) is 9.88 Å². The van der Waals surface area contributed by atoms with E-state index in [0.29, 0.717) is 38.8 Å². The molecule has 1 N–H and O–H groups in total. The maximum atomic E-state index is 12.3. The van der Waals surface area contributed by atoms with Gasteiger partial charge < -0.3 is 19.5 Å². The van der Waals surface area contributed by atoms with E-state index in [2.05, 4.69) is 20.9 Å². The van der Waals surface area contributed by atoms with Gasteiger partial charge in [-0.25, -0.2) is 9.59 Å². The number of aliphatic carboxylic acids is 1. The SMILES string of the molecule is CC(C)(C)OC(=O)N1CCCC(OCC(=O)O)(c2ccc(Br)cn2)CCC1. The Morgan fingerprint density at radius 3 is 2.37 bits per heavy atom. The summed E-state index contributed by atoms with van der Waals surface area (Å²) in [5.74, 6) is -1.01. The second-order valence-corrected chi connectivity index (χ2v) is 8.63. The largest absolute Gasteiger partial charge is 0.480 e. The Kier molecular flexibility index (Phi) is 7.22. The number of aromatic nitrogens is 1. The number of carbonyl (C=O) groups is 2. The van der Waals surface area contributed by atoms with Gasteiger partial charge in [-0.3, -0.25) is 4.98 Å². The molecule has 0 atom stereocenters. The van der Waals surface area contributed by atoms with Crippen LogP contribution in [0.3, 0.4) is 0 Å². The zero-order valence-corrected chi connectivity index (χ0v) is 17.6. The Hall–Kier alpha value is -1.67. The van der Waals surface area contributed by atoms with Crippen LogP contribution >= 0.6 is 15.9 Å². The van der Waals surface area contributed by atoms with Crippen molar-refractivity contribution in [2.45, 2.75) is 57.7 Å². The van der Waals surface area contributed by atoms with Crippen LogP contribution in [0.5, 0.6) is 0 Å². The van der Waals surface area contributed by atoms with Crippen molar-refractivity contribution in [2.75, 3.05) is 19.7 Å². The number of hydrogen-bond acceptors (Lipinski definition) is 5. The van der Waals surface area contributed by atoms with Gasteiger partial charge in [0.05, 0.1) is 5.69 Å². The summed E-state index contributed by atoms with van der Waals surface area (Å²) in [7, 11) is 0. The van der Waals surface area contributed by atoms with Gasteiger partial charge in [0.15, 0.2) is 0 Å². The predicted molar refractivity (Wildman–Crippen MR) is 103 cm³/mol. The molecule has 0 aliphatic carbocycles. The quantitative estimate of drug-likeness (QED) is 0.758. The molecule has 0 spiro atoms. The number of ether oxygens (including phenoxy) is 2. The van der Waals surface area contributed by atoms with Gasteiger partial charge in [0.1, 0.15) is 17.8 Å². The van der Waals surface area contributed by atoms with Crippen LogP contribution in [0.2, 0.25) is 0 Å². The van der Waals surface area contributed by atoms with Gasteiger partial charge in [-0.2, -0.15) is 0 Å². The summed E-state index contributed by atoms with van der Waals surface area (Å²) >= 11 is 3.37. The van der Waals surface area contributed by atoms with Gasteiger partial charge >= 0.3 is 12.1 Å². The summed E-state index contributed by atoms with van der Waals surface area (Å²) in [4.78, 5) is 29.6. The molecule has 2 heterocycles. The van der Waals surface area contributed by atoms with E-state index >= 15 is 0 Å². The molecule has 1 aromatic heterocycles. The number of amides is 1. The fourth-order valence-electron chi connectivity index (χ4n) is 3.18. The zero-order chi connectivity index (χ0) is 20.1. The Balaban J connectivity index is 2.13. The van der Waals surface area contributed by atoms with Crippen LogP contribution in [0, 0.1) is 0 Å². The molecular formula is C19H27BrN2O5. The molecule has 1 aliphatic heterocycles. The molecule has 7 nitrogen and oxygen atoms in total. The lowest BCUT2D eigenvalue weighted by molar-refractivity contribution is -0.153. The molecule has 0 saturated carbocycles. The van der Waals surface area contributed by atoms with E-state index in [9.17, 15) is 9.59 Å². The van der Waals surface area contributed by atoms with E-state index in [1.54, 1.807) is 11.1 Å². The molecule has 1 amide bonds. The molecule has 0 aromatic carbocycles. The minimum absolute atomic E-state index is 0.316. The van der Waals surface area contributed by atoms with Gasteiger partial charge in [-0.05, 0) is 74.5 Å². The molecule has 2 rings (SSSR count). The summed E-state index contributed by atoms with van der Waals surface area (Å²) in [6.45, 7) is 6.22. The molecule has 1 aromatic rings. The second-order valence-electron chi connectivity index (χ2n) is 7.71. The van der Waals surface area contributed by atoms with Gasteiger partial charge in [0.2, 0.25) is 0 Å². The number of pyridine rings is 1. The highest BCUT2D eigenvalue weighted by Gasteiger charge is 2.37. The van der Waals surface area contributed by atoms with Crippen LogP contribution in [0.1, 0.15) is 52.1 Å². The minimum atomic E-state index is -1.01. The van der Waals surface area contributed by atoms with Crippen LogP contribution in [-0.4, -0.2) is 52.4 Å². The Labute approximate surface area is 168 Å². The first-order valence-corrected chi connectivity index (χ1v) is 9.86. The highest BCUT2D eigenvalue weighted by Crippen LogP contribution is 2.36. The summed E-state index contributed by atoms with van der Waals surface area (Å²) in [5, 5.41) is 9.08. The number of halogens is 1. The topological polar surface area (TPSA) is 89.0 Å². The van der Waals surface area contributed by atoms with E-state index in [4.69, 9.17) is 14.6 Å². The van der Waals surface area contributed by atoms with Crippen molar-refractivity contribution >= 4 is 28.0 Å². The lowest BCUT2D eigenvalue weighted by Gasteiger charge is -2.37. The molecule has 27 heavy (non-hydrogen) atoms. The third-order valence-corrected chi connectivity index (χ3v) is 4.80. The van der Waals surface area contributed by atoms with Crippen LogP contribution in [-0.2, 0) is 19.9 Å². The average Bonchev–Trinajstić information content (AvgIpc) is 2.53. The standard InChI is InChI=1S/C19H27BrN2O5/c1-18(2,3)27-17(25)22-10-4-8-19(9-5-11-22,26-13-16(23)24)15-7-6-14(20)12-21-15/h6-7,12H,4-5,8-11,13H2,1-3H3,(H,23,24). The van der Waals surface area contributed by atoms with Gasteiger partial charge in [0.25, 0.3) is 0 Å². The number of carboxylic acid groups (broad SMARTS) is 1. The summed E-state index contributed by atoms with van der Waals surface area (Å²) < 4.78 is 12.2. The molecule has 1 saturated heterocycles. The molecular weight excluding hydrogens is 416 g/mol. The number of carboxylic acids is 1. The van der Waals surface area contributed by atoms with Crippen molar-refractivity contribution in [3.8, 4) is 0 Å². The van der Waals surface area contributed by atoms with Crippen molar-refractivity contribution in [1.29, 1.82) is 0 Å². The molecule has 0 unspecified atom stereocenters. The maximum Gasteiger partial charge on any atom is 0.410 e. The highest BCUT2D eigenvalue weighted by atomic mass is 79.9. The maximum absolute atomic E-state index is 12.3. The second kappa shape index (κ2) is 9.01. The summed E-state index contributed by atoms with van der Waals surface area (Å²) in [6.07, 6.45) is 3.85. The number of likely N-dealkylation sites (tertiary alicyclic amines) is 1. The smallest absolute Gasteiger partial charge is 0.410 e. The fraction of sp³-hybridized carbons (Fsp3) is 0.632. The Morgan fingerprint density at radius 1 is 1.26 bits per heavy atom. The molecule has 1 aliphatic rings. The van der Waals surface area contributed by atoms with Crippen molar-refractivity contribution in [2.24, 2.45) is 0 Å². The predicted octanol–water partition coefficient (Wildman–Crippen LogP) is 3.95. The molecule has 8 heteroatoms. The fourth-order valence-corrected chi connectivity index (χ4v) is 3.41. The first-order chi connectivity index (χ1) is 12.6. The Bertz CT molecular complexity index is 647. The molecule has 1 fully saturated rings. The van der Waals surface area contributed by atoms with Crippen molar-refractivity contribution < 1.29 is 24.2 Å². The number of rotatable bonds is 4. The van der Waals surface area contributed by atoms with Gasteiger partial charge in [0, 0.05) is 23.8 Å². The van der Waals surface area contributed by atoms with Gasteiger partial charge in [-0.15, -0.1) is 0 Å². The molecule has 0 bridgehead atoms. The van der Waals surface area contributed by atoms with Crippen LogP contribution in [0.4, 0.5) is 4.79 Å². The van der Waals surface area contributed by atoms with E-state index in [0.717, 1.165) is 10.2 Å². The first kappa shape index (κ1) is 21.6. The van der Waals surface area contributed by atoms with E-state index in [1.807, 2.05) is 32.9 Å². The monoisotopic (exact) mass is 442 g/mol. The lowest BCUT2D eigenvalue weighted by Crippen LogP contribution is -2.42. The van der Waals surface area contributed by atoms with Gasteiger partial charge in [-0.1, -0.05) is 0 Å². The van der Waals surface area contributed by atoms with Crippen LogP contribution in [0.15, 0.2) is 22.8 Å². The minimum Gasteiger partial charge on any atom is -0.480 e. The molecule has 150 valence electrons. The zero-order valence-electron chi connectivity index (χ0n) is 16.0. The van der Waals surface area contributed by atoms with E-state index in [-0.39, 0.29) is 12.7 Å². The third-order valence-electron chi connectivity index (χ3n) is 4.34. The number of hydrogen-bond donors (Lipinski definition) is 1. The Morgan fingerprint density at radius 2 is 1.89 bits per heavy atom. The van der Waals surface area contributed by atoms with E-state index < -0.39 is 17.2 Å². The van der Waals surface area contributed by atoms with Crippen molar-refractivity contribution in [3.63, 3.8) is 0 Å². The highest BCUT2D eigenvalue weighted by molar-refractivity contribution is 9.10. The average molecular weight is 443 g/mol. The number of nitrogens with zero attached hydrogens (tertiary/aromatic N) is 2. The third kappa shape index (κ3) is 6.46. The summed E-state index contributed by atoms with van der Waals surface area (Å²) in [6, 6.07) is 3.74. The molecule has 0 radical (unpaired) electrons. The lowest BCUT2D eigenvalue weighted by atomic mass is 9.86. The number of carbonyl (C=O) groups excluding carboxylic acids is 1. The summed E-state index contributed by atoms with van der Waals surface area (Å²) in [5.41, 5.74) is -0.577. The van der Waals surface area contributed by atoms with Crippen LogP contribution < -0.4 is 0 Å². The normalized spacial score (nSPS) is 17.7. The van der Waals surface area contributed by atoms with E-state index in [1.165, 1.54) is 0 Å². The first-order valence-electron chi connectivity index (χ1n) is 9.07. The van der Waals surface area contributed by atoms with Crippen molar-refractivity contribution in [3.05, 3.63) is 28.5 Å².